The maximum Gasteiger partial charge on any atom is 0.336 e. The van der Waals surface area contributed by atoms with Crippen molar-refractivity contribution in [3.05, 3.63) is 23.3 Å². The number of ketones is 1. The van der Waals surface area contributed by atoms with Crippen LogP contribution in [0.3, 0.4) is 0 Å². The molecule has 0 radical (unpaired) electrons. The number of carbonyl (C=O) groups excluding carboxylic acids is 2. The highest BCUT2D eigenvalue weighted by atomic mass is 16.5. The lowest BCUT2D eigenvalue weighted by molar-refractivity contribution is -0.144. The van der Waals surface area contributed by atoms with E-state index in [2.05, 4.69) is 6.92 Å². The number of unbranched alkanes of at least 4 members (excludes halogenated alkanes) is 5. The first-order valence-electron chi connectivity index (χ1n) is 9.76. The molecule has 0 amide bonds. The Hall–Kier alpha value is -1.42. The third-order valence-corrected chi connectivity index (χ3v) is 5.93. The van der Waals surface area contributed by atoms with Crippen LogP contribution < -0.4 is 0 Å². The number of ether oxygens (including phenoxy) is 1. The van der Waals surface area contributed by atoms with E-state index in [1.54, 1.807) is 19.9 Å². The van der Waals surface area contributed by atoms with Crippen LogP contribution in [0.15, 0.2) is 23.3 Å². The lowest BCUT2D eigenvalue weighted by atomic mass is 9.63. The Bertz CT molecular complexity index is 574. The van der Waals surface area contributed by atoms with Crippen LogP contribution >= 0.6 is 0 Å². The van der Waals surface area contributed by atoms with Crippen LogP contribution in [-0.2, 0) is 14.3 Å². The summed E-state index contributed by atoms with van der Waals surface area (Å²) in [6, 6.07) is 0. The Balaban J connectivity index is 2.16. The van der Waals surface area contributed by atoms with Crippen molar-refractivity contribution in [2.75, 3.05) is 6.61 Å². The van der Waals surface area contributed by atoms with E-state index >= 15 is 0 Å². The molecule has 0 aromatic rings. The monoisotopic (exact) mass is 348 g/mol. The van der Waals surface area contributed by atoms with Crippen LogP contribution in [-0.4, -0.2) is 29.1 Å². The van der Waals surface area contributed by atoms with Gasteiger partial charge >= 0.3 is 5.97 Å². The second-order valence-electron chi connectivity index (χ2n) is 7.42. The fraction of sp³-hybridized carbons (Fsp3) is 0.714. The van der Waals surface area contributed by atoms with Gasteiger partial charge in [0, 0.05) is 6.42 Å². The van der Waals surface area contributed by atoms with Crippen molar-refractivity contribution in [3.63, 3.8) is 0 Å². The molecule has 140 valence electrons. The van der Waals surface area contributed by atoms with Crippen molar-refractivity contribution < 1.29 is 19.4 Å². The van der Waals surface area contributed by atoms with Crippen molar-refractivity contribution in [1.29, 1.82) is 0 Å². The Kier molecular flexibility index (Phi) is 6.61. The van der Waals surface area contributed by atoms with E-state index in [-0.39, 0.29) is 18.0 Å². The molecular formula is C21H32O4. The van der Waals surface area contributed by atoms with Crippen molar-refractivity contribution in [2.24, 2.45) is 5.41 Å². The molecule has 1 N–H and O–H groups in total. The zero-order chi connectivity index (χ0) is 18.5. The van der Waals surface area contributed by atoms with E-state index < -0.39 is 17.0 Å². The summed E-state index contributed by atoms with van der Waals surface area (Å²) >= 11 is 0. The largest absolute Gasteiger partial charge is 0.463 e. The van der Waals surface area contributed by atoms with E-state index in [9.17, 15) is 14.7 Å². The van der Waals surface area contributed by atoms with Crippen LogP contribution in [0.1, 0.15) is 78.6 Å². The van der Waals surface area contributed by atoms with Crippen molar-refractivity contribution in [2.45, 2.75) is 84.2 Å². The fourth-order valence-electron chi connectivity index (χ4n) is 4.24. The molecule has 2 aliphatic carbocycles. The zero-order valence-electron chi connectivity index (χ0n) is 15.9. The maximum atomic E-state index is 12.7. The van der Waals surface area contributed by atoms with Crippen molar-refractivity contribution in [1.82, 2.24) is 0 Å². The molecule has 2 rings (SSSR count). The summed E-state index contributed by atoms with van der Waals surface area (Å²) in [6.07, 6.45) is 12.0. The summed E-state index contributed by atoms with van der Waals surface area (Å²) in [6.45, 7) is 6.00. The lowest BCUT2D eigenvalue weighted by Crippen LogP contribution is -2.51. The number of carbonyl (C=O) groups is 2. The number of aliphatic hydroxyl groups is 1. The second kappa shape index (κ2) is 8.31. The van der Waals surface area contributed by atoms with Gasteiger partial charge in [-0.2, -0.15) is 0 Å². The van der Waals surface area contributed by atoms with Crippen molar-refractivity contribution >= 4 is 11.8 Å². The van der Waals surface area contributed by atoms with E-state index in [1.165, 1.54) is 25.7 Å². The third kappa shape index (κ3) is 3.59. The molecule has 25 heavy (non-hydrogen) atoms. The highest BCUT2D eigenvalue weighted by molar-refractivity contribution is 6.00. The molecular weight excluding hydrogens is 316 g/mol. The van der Waals surface area contributed by atoms with E-state index in [1.807, 2.05) is 6.08 Å². The summed E-state index contributed by atoms with van der Waals surface area (Å²) in [4.78, 5) is 24.9. The normalized spacial score (nSPS) is 28.4. The number of hydrogen-bond acceptors (Lipinski definition) is 4. The smallest absolute Gasteiger partial charge is 0.336 e. The number of esters is 1. The average Bonchev–Trinajstić information content (AvgIpc) is 2.83. The Morgan fingerprint density at radius 3 is 2.52 bits per heavy atom. The van der Waals surface area contributed by atoms with Gasteiger partial charge < -0.3 is 9.84 Å². The molecule has 2 atom stereocenters. The minimum atomic E-state index is -1.43. The molecule has 0 spiro atoms. The first kappa shape index (κ1) is 19.9. The number of fused-ring (bicyclic) bond motifs is 1. The molecule has 2 aliphatic rings. The third-order valence-electron chi connectivity index (χ3n) is 5.93. The minimum Gasteiger partial charge on any atom is -0.463 e. The van der Waals surface area contributed by atoms with Crippen LogP contribution in [0.5, 0.6) is 0 Å². The minimum absolute atomic E-state index is 0.0298. The topological polar surface area (TPSA) is 63.6 Å². The van der Waals surface area contributed by atoms with Gasteiger partial charge in [-0.15, -0.1) is 0 Å². The standard InChI is InChI=1S/C21H32O4/c1-4-6-7-8-9-10-11-16-12-13-17(19(23)25-5-2)21(24)15-14-18(22)20(16,21)3/h12-13,24H,4-11,14-15H2,1-3H3/t20-,21+/m1/s1. The molecule has 1 saturated carbocycles. The quantitative estimate of drug-likeness (QED) is 0.499. The van der Waals surface area contributed by atoms with Gasteiger partial charge in [-0.25, -0.2) is 4.79 Å². The highest BCUT2D eigenvalue weighted by Crippen LogP contribution is 2.55. The van der Waals surface area contributed by atoms with Gasteiger partial charge in [-0.1, -0.05) is 50.7 Å². The first-order valence-corrected chi connectivity index (χ1v) is 9.76. The summed E-state index contributed by atoms with van der Waals surface area (Å²) < 4.78 is 5.10. The predicted octanol–water partition coefficient (Wildman–Crippen LogP) is 4.27. The van der Waals surface area contributed by atoms with Gasteiger partial charge in [-0.3, -0.25) is 4.79 Å². The van der Waals surface area contributed by atoms with E-state index in [0.717, 1.165) is 24.8 Å². The number of Topliss-reactive ketones (excluding diaryl/α,β-unsaturated/α-hetero) is 1. The van der Waals surface area contributed by atoms with E-state index in [4.69, 9.17) is 4.74 Å². The molecule has 0 aromatic heterocycles. The Morgan fingerprint density at radius 1 is 1.16 bits per heavy atom. The van der Waals surface area contributed by atoms with Gasteiger partial charge in [-0.05, 0) is 39.2 Å². The maximum absolute atomic E-state index is 12.7. The summed E-state index contributed by atoms with van der Waals surface area (Å²) in [5.74, 6) is -0.483. The van der Waals surface area contributed by atoms with Crippen LogP contribution in [0, 0.1) is 5.41 Å². The lowest BCUT2D eigenvalue weighted by Gasteiger charge is -2.43. The second-order valence-corrected chi connectivity index (χ2v) is 7.42. The number of rotatable bonds is 9. The molecule has 4 nitrogen and oxygen atoms in total. The fourth-order valence-corrected chi connectivity index (χ4v) is 4.24. The van der Waals surface area contributed by atoms with E-state index in [0.29, 0.717) is 12.8 Å². The molecule has 0 heterocycles. The molecule has 1 fully saturated rings. The SMILES string of the molecule is CCCCCCCCC1=CC=C(C(=O)OCC)[C@@]2(O)CCC(=O)[C@@]12C. The van der Waals surface area contributed by atoms with Crippen LogP contribution in [0.25, 0.3) is 0 Å². The molecule has 0 aromatic carbocycles. The number of hydrogen-bond donors (Lipinski definition) is 1. The molecule has 0 aliphatic heterocycles. The first-order chi connectivity index (χ1) is 11.9. The molecule has 4 heteroatoms. The van der Waals surface area contributed by atoms with Gasteiger partial charge in [0.2, 0.25) is 0 Å². The Labute approximate surface area is 151 Å². The molecule has 0 unspecified atom stereocenters. The van der Waals surface area contributed by atoms with Gasteiger partial charge in [0.25, 0.3) is 0 Å². The van der Waals surface area contributed by atoms with Crippen LogP contribution in [0.4, 0.5) is 0 Å². The van der Waals surface area contributed by atoms with Gasteiger partial charge in [0.15, 0.2) is 0 Å². The number of allylic oxidation sites excluding steroid dienone is 2. The van der Waals surface area contributed by atoms with Gasteiger partial charge in [0.05, 0.1) is 17.6 Å². The van der Waals surface area contributed by atoms with Crippen molar-refractivity contribution in [3.8, 4) is 0 Å². The Morgan fingerprint density at radius 2 is 1.84 bits per heavy atom. The van der Waals surface area contributed by atoms with Gasteiger partial charge in [0.1, 0.15) is 11.4 Å². The average molecular weight is 348 g/mol. The zero-order valence-corrected chi connectivity index (χ0v) is 15.9. The summed E-state index contributed by atoms with van der Waals surface area (Å²) in [5.41, 5.74) is -1.23. The molecule has 0 saturated heterocycles. The molecule has 0 bridgehead atoms. The highest BCUT2D eigenvalue weighted by Gasteiger charge is 2.62. The summed E-state index contributed by atoms with van der Waals surface area (Å²) in [7, 11) is 0. The predicted molar refractivity (Wildman–Crippen MR) is 98.1 cm³/mol. The summed E-state index contributed by atoms with van der Waals surface area (Å²) in [5, 5.41) is 11.3. The van der Waals surface area contributed by atoms with Crippen LogP contribution in [0.2, 0.25) is 0 Å².